The van der Waals surface area contributed by atoms with E-state index in [-0.39, 0.29) is 41.3 Å². The topological polar surface area (TPSA) is 0 Å². The van der Waals surface area contributed by atoms with Crippen LogP contribution in [-0.2, 0) is 19.3 Å². The summed E-state index contributed by atoms with van der Waals surface area (Å²) >= 11 is 0. The lowest BCUT2D eigenvalue weighted by Crippen LogP contribution is -2.19. The number of hydrogen-bond donors (Lipinski definition) is 0. The molecule has 3 aromatic carbocycles. The van der Waals surface area contributed by atoms with Gasteiger partial charge < -0.3 is 0 Å². The van der Waals surface area contributed by atoms with Crippen molar-refractivity contribution in [3.8, 4) is 11.1 Å². The minimum absolute atomic E-state index is 0.0325. The van der Waals surface area contributed by atoms with Crippen molar-refractivity contribution in [1.29, 1.82) is 0 Å². The molecule has 168 valence electrons. The molecule has 1 unspecified atom stereocenters. The molecule has 5 heteroatoms. The molecule has 32 heavy (non-hydrogen) atoms. The van der Waals surface area contributed by atoms with E-state index in [1.54, 1.807) is 6.07 Å². The predicted molar refractivity (Wildman–Crippen MR) is 116 cm³/mol. The van der Waals surface area contributed by atoms with Crippen LogP contribution in [-0.4, -0.2) is 0 Å². The van der Waals surface area contributed by atoms with Gasteiger partial charge in [0.25, 0.3) is 0 Å². The molecule has 0 amide bonds. The zero-order valence-corrected chi connectivity index (χ0v) is 18.0. The summed E-state index contributed by atoms with van der Waals surface area (Å²) in [7, 11) is 0. The maximum Gasteiger partial charge on any atom is 0.169 e. The van der Waals surface area contributed by atoms with Crippen molar-refractivity contribution in [2.24, 2.45) is 0 Å². The Morgan fingerprint density at radius 1 is 0.812 bits per heavy atom. The Bertz CT molecular complexity index is 1120. The van der Waals surface area contributed by atoms with Gasteiger partial charge in [-0.1, -0.05) is 44.0 Å². The fraction of sp³-hybridized carbons (Fsp3) is 0.333. The van der Waals surface area contributed by atoms with Gasteiger partial charge in [-0.2, -0.15) is 0 Å². The first-order chi connectivity index (χ1) is 15.4. The number of hydrogen-bond acceptors (Lipinski definition) is 0. The van der Waals surface area contributed by atoms with Gasteiger partial charge in [-0.05, 0) is 84.0 Å². The standard InChI is InChI=1S/C27H25F5/c1-2-3-4-5-16-6-12-20(23(29)14-16)18-9-13-21-22(15-18)26(31)27(32)24(25(21)30)17-7-10-19(28)11-8-17/h6-8,10-12,14,18H,2-5,9,13,15H2,1H3. The summed E-state index contributed by atoms with van der Waals surface area (Å²) in [6.45, 7) is 2.11. The number of fused-ring (bicyclic) bond motifs is 1. The molecular weight excluding hydrogens is 419 g/mol. The van der Waals surface area contributed by atoms with Crippen molar-refractivity contribution < 1.29 is 22.0 Å². The molecule has 0 bridgehead atoms. The molecule has 0 heterocycles. The maximum absolute atomic E-state index is 15.2. The second-order valence-corrected chi connectivity index (χ2v) is 8.53. The summed E-state index contributed by atoms with van der Waals surface area (Å²) in [6.07, 6.45) is 4.61. The maximum atomic E-state index is 15.2. The van der Waals surface area contributed by atoms with E-state index in [2.05, 4.69) is 6.92 Å². The number of unbranched alkanes of at least 4 members (excludes halogenated alkanes) is 2. The first kappa shape index (κ1) is 22.5. The van der Waals surface area contributed by atoms with E-state index in [1.165, 1.54) is 18.2 Å². The van der Waals surface area contributed by atoms with Crippen LogP contribution in [0.25, 0.3) is 11.1 Å². The van der Waals surface area contributed by atoms with Gasteiger partial charge in [0.15, 0.2) is 11.6 Å². The summed E-state index contributed by atoms with van der Waals surface area (Å²) in [5.41, 5.74) is 1.06. The third kappa shape index (κ3) is 4.30. The minimum atomic E-state index is -1.29. The van der Waals surface area contributed by atoms with Crippen LogP contribution in [0.1, 0.15) is 60.8 Å². The van der Waals surface area contributed by atoms with E-state index in [9.17, 15) is 13.2 Å². The summed E-state index contributed by atoms with van der Waals surface area (Å²) < 4.78 is 73.1. The van der Waals surface area contributed by atoms with Crippen LogP contribution in [0.3, 0.4) is 0 Å². The predicted octanol–water partition coefficient (Wildman–Crippen LogP) is 8.05. The molecule has 0 spiro atoms. The van der Waals surface area contributed by atoms with Crippen LogP contribution in [0.2, 0.25) is 0 Å². The molecule has 4 rings (SSSR count). The molecule has 1 atom stereocenters. The minimum Gasteiger partial charge on any atom is -0.207 e. The van der Waals surface area contributed by atoms with Crippen LogP contribution < -0.4 is 0 Å². The Balaban J connectivity index is 1.64. The lowest BCUT2D eigenvalue weighted by molar-refractivity contribution is 0.453. The Kier molecular flexibility index (Phi) is 6.63. The first-order valence-corrected chi connectivity index (χ1v) is 11.1. The fourth-order valence-corrected chi connectivity index (χ4v) is 4.67. The van der Waals surface area contributed by atoms with E-state index in [0.717, 1.165) is 43.4 Å². The highest BCUT2D eigenvalue weighted by Crippen LogP contribution is 2.41. The monoisotopic (exact) mass is 444 g/mol. The van der Waals surface area contributed by atoms with Gasteiger partial charge in [0.05, 0.1) is 5.56 Å². The van der Waals surface area contributed by atoms with Gasteiger partial charge in [0.1, 0.15) is 17.5 Å². The highest BCUT2D eigenvalue weighted by atomic mass is 19.2. The van der Waals surface area contributed by atoms with Crippen LogP contribution >= 0.6 is 0 Å². The van der Waals surface area contributed by atoms with Crippen LogP contribution in [0.4, 0.5) is 22.0 Å². The molecule has 0 saturated heterocycles. The van der Waals surface area contributed by atoms with Crippen molar-refractivity contribution in [2.45, 2.75) is 57.8 Å². The Labute approximate surface area is 185 Å². The van der Waals surface area contributed by atoms with Crippen LogP contribution in [0.15, 0.2) is 42.5 Å². The summed E-state index contributed by atoms with van der Waals surface area (Å²) in [5, 5.41) is 0. The highest BCUT2D eigenvalue weighted by Gasteiger charge is 2.31. The molecule has 3 aromatic rings. The Morgan fingerprint density at radius 3 is 2.25 bits per heavy atom. The number of benzene rings is 3. The van der Waals surface area contributed by atoms with Gasteiger partial charge in [0, 0.05) is 0 Å². The van der Waals surface area contributed by atoms with Crippen molar-refractivity contribution in [1.82, 2.24) is 0 Å². The number of rotatable bonds is 6. The molecule has 0 aliphatic heterocycles. The van der Waals surface area contributed by atoms with Crippen molar-refractivity contribution in [2.75, 3.05) is 0 Å². The molecule has 0 aromatic heterocycles. The van der Waals surface area contributed by atoms with Crippen LogP contribution in [0, 0.1) is 29.1 Å². The van der Waals surface area contributed by atoms with E-state index in [4.69, 9.17) is 0 Å². The quantitative estimate of drug-likeness (QED) is 0.205. The molecule has 1 aliphatic rings. The van der Waals surface area contributed by atoms with Crippen molar-refractivity contribution >= 4 is 0 Å². The lowest BCUT2D eigenvalue weighted by atomic mass is 9.78. The lowest BCUT2D eigenvalue weighted by Gasteiger charge is -2.27. The fourth-order valence-electron chi connectivity index (χ4n) is 4.67. The second kappa shape index (κ2) is 9.43. The summed E-state index contributed by atoms with van der Waals surface area (Å²) in [4.78, 5) is 0. The average molecular weight is 444 g/mol. The number of halogens is 5. The zero-order valence-electron chi connectivity index (χ0n) is 18.0. The van der Waals surface area contributed by atoms with E-state index < -0.39 is 28.8 Å². The van der Waals surface area contributed by atoms with Crippen LogP contribution in [0.5, 0.6) is 0 Å². The van der Waals surface area contributed by atoms with Crippen molar-refractivity contribution in [3.05, 3.63) is 93.8 Å². The molecule has 0 N–H and O–H groups in total. The first-order valence-electron chi connectivity index (χ1n) is 11.1. The Hall–Kier alpha value is -2.69. The molecule has 0 radical (unpaired) electrons. The SMILES string of the molecule is CCCCCc1ccc(C2CCc3c(F)c(-c4ccc(F)cc4)c(F)c(F)c3C2)c(F)c1. The normalized spacial score (nSPS) is 15.6. The van der Waals surface area contributed by atoms with E-state index >= 15 is 8.78 Å². The van der Waals surface area contributed by atoms with Gasteiger partial charge in [-0.15, -0.1) is 0 Å². The Morgan fingerprint density at radius 2 is 1.56 bits per heavy atom. The van der Waals surface area contributed by atoms with Gasteiger partial charge in [0.2, 0.25) is 0 Å². The largest absolute Gasteiger partial charge is 0.207 e. The molecule has 0 saturated carbocycles. The average Bonchev–Trinajstić information content (AvgIpc) is 2.79. The molecule has 0 nitrogen and oxygen atoms in total. The highest BCUT2D eigenvalue weighted by molar-refractivity contribution is 5.67. The molecular formula is C27H25F5. The third-order valence-corrected chi connectivity index (χ3v) is 6.43. The smallest absolute Gasteiger partial charge is 0.169 e. The second-order valence-electron chi connectivity index (χ2n) is 8.53. The molecule has 1 aliphatic carbocycles. The van der Waals surface area contributed by atoms with Gasteiger partial charge >= 0.3 is 0 Å². The van der Waals surface area contributed by atoms with Crippen molar-refractivity contribution in [3.63, 3.8) is 0 Å². The summed E-state index contributed by atoms with van der Waals surface area (Å²) in [6, 6.07) is 9.75. The number of aryl methyl sites for hydroxylation is 1. The van der Waals surface area contributed by atoms with Gasteiger partial charge in [-0.3, -0.25) is 0 Å². The molecule has 0 fully saturated rings. The van der Waals surface area contributed by atoms with E-state index in [0.29, 0.717) is 12.0 Å². The summed E-state index contributed by atoms with van der Waals surface area (Å²) in [5.74, 6) is -4.47. The van der Waals surface area contributed by atoms with E-state index in [1.807, 2.05) is 6.07 Å². The van der Waals surface area contributed by atoms with Gasteiger partial charge in [-0.25, -0.2) is 22.0 Å². The third-order valence-electron chi connectivity index (χ3n) is 6.43. The zero-order chi connectivity index (χ0) is 22.8.